The van der Waals surface area contributed by atoms with Crippen LogP contribution < -0.4 is 11.0 Å². The number of hydrogen-bond donors (Lipinski definition) is 2. The topological polar surface area (TPSA) is 67.2 Å². The summed E-state index contributed by atoms with van der Waals surface area (Å²) in [5.74, 6) is 0. The molecule has 16 heavy (non-hydrogen) atoms. The maximum Gasteiger partial charge on any atom is 0.347 e. The van der Waals surface area contributed by atoms with Gasteiger partial charge in [0.2, 0.25) is 0 Å². The van der Waals surface area contributed by atoms with Crippen LogP contribution in [0.3, 0.4) is 0 Å². The molecule has 90 valence electrons. The van der Waals surface area contributed by atoms with E-state index in [1.54, 1.807) is 0 Å². The number of aliphatic hydroxyl groups excluding tert-OH is 1. The van der Waals surface area contributed by atoms with E-state index in [-0.39, 0.29) is 6.54 Å². The third kappa shape index (κ3) is 4.30. The van der Waals surface area contributed by atoms with E-state index in [9.17, 15) is 9.90 Å². The summed E-state index contributed by atoms with van der Waals surface area (Å²) in [7, 11) is 0. The zero-order valence-corrected chi connectivity index (χ0v) is 10.1. The maximum atomic E-state index is 11.3. The predicted octanol–water partition coefficient (Wildman–Crippen LogP) is 0.256. The Morgan fingerprint density at radius 2 is 2.31 bits per heavy atom. The third-order valence-electron chi connectivity index (χ3n) is 1.99. The van der Waals surface area contributed by atoms with E-state index < -0.39 is 11.8 Å². The zero-order valence-electron chi connectivity index (χ0n) is 9.35. The van der Waals surface area contributed by atoms with Gasteiger partial charge in [-0.2, -0.15) is 0 Å². The molecule has 2 N–H and O–H groups in total. The van der Waals surface area contributed by atoms with Crippen LogP contribution in [0.1, 0.15) is 13.8 Å². The van der Waals surface area contributed by atoms with Crippen LogP contribution in [0.4, 0.5) is 0 Å². The van der Waals surface area contributed by atoms with Crippen LogP contribution in [0, 0.1) is 0 Å². The molecule has 1 heterocycles. The SMILES string of the molecule is CC(C)NCC(O)Cn1cc(Cl)cnc1=O. The van der Waals surface area contributed by atoms with E-state index in [0.29, 0.717) is 17.6 Å². The van der Waals surface area contributed by atoms with E-state index in [1.807, 2.05) is 13.8 Å². The van der Waals surface area contributed by atoms with Gasteiger partial charge in [0.1, 0.15) is 0 Å². The Balaban J connectivity index is 2.58. The van der Waals surface area contributed by atoms with Gasteiger partial charge in [0.05, 0.1) is 23.9 Å². The smallest absolute Gasteiger partial charge is 0.347 e. The van der Waals surface area contributed by atoms with Crippen LogP contribution in [0.25, 0.3) is 0 Å². The second kappa shape index (κ2) is 5.98. The van der Waals surface area contributed by atoms with Gasteiger partial charge < -0.3 is 10.4 Å². The first-order valence-corrected chi connectivity index (χ1v) is 5.50. The van der Waals surface area contributed by atoms with E-state index in [0.717, 1.165) is 0 Å². The molecule has 0 amide bonds. The Hall–Kier alpha value is -0.910. The van der Waals surface area contributed by atoms with Crippen molar-refractivity contribution in [2.45, 2.75) is 32.5 Å². The highest BCUT2D eigenvalue weighted by molar-refractivity contribution is 6.30. The minimum atomic E-state index is -0.639. The molecule has 0 fully saturated rings. The molecule has 1 atom stereocenters. The molecule has 1 rings (SSSR count). The highest BCUT2D eigenvalue weighted by Crippen LogP contribution is 2.01. The van der Waals surface area contributed by atoms with Gasteiger partial charge in [-0.1, -0.05) is 25.4 Å². The molecule has 1 aromatic heterocycles. The first-order valence-electron chi connectivity index (χ1n) is 5.12. The molecule has 0 aliphatic carbocycles. The van der Waals surface area contributed by atoms with Gasteiger partial charge in [0.15, 0.2) is 0 Å². The summed E-state index contributed by atoms with van der Waals surface area (Å²) >= 11 is 5.71. The number of rotatable bonds is 5. The Bertz CT molecular complexity index is 392. The van der Waals surface area contributed by atoms with Crippen LogP contribution in [0.2, 0.25) is 5.02 Å². The summed E-state index contributed by atoms with van der Waals surface area (Å²) in [6.45, 7) is 4.59. The van der Waals surface area contributed by atoms with Gasteiger partial charge in [0, 0.05) is 18.8 Å². The van der Waals surface area contributed by atoms with Crippen molar-refractivity contribution in [1.29, 1.82) is 0 Å². The molecule has 5 nitrogen and oxygen atoms in total. The number of aromatic nitrogens is 2. The monoisotopic (exact) mass is 245 g/mol. The van der Waals surface area contributed by atoms with Gasteiger partial charge in [0.25, 0.3) is 0 Å². The summed E-state index contributed by atoms with van der Waals surface area (Å²) in [5, 5.41) is 13.1. The van der Waals surface area contributed by atoms with Crippen LogP contribution in [0.15, 0.2) is 17.2 Å². The highest BCUT2D eigenvalue weighted by Gasteiger charge is 2.07. The second-order valence-corrected chi connectivity index (χ2v) is 4.36. The first kappa shape index (κ1) is 13.2. The minimum absolute atomic E-state index is 0.187. The quantitative estimate of drug-likeness (QED) is 0.781. The summed E-state index contributed by atoms with van der Waals surface area (Å²) < 4.78 is 1.30. The lowest BCUT2D eigenvalue weighted by Gasteiger charge is -2.14. The fraction of sp³-hybridized carbons (Fsp3) is 0.600. The van der Waals surface area contributed by atoms with Crippen LogP contribution >= 0.6 is 11.6 Å². The molecule has 0 saturated carbocycles. The normalized spacial score (nSPS) is 13.1. The Labute approximate surface area is 99.1 Å². The lowest BCUT2D eigenvalue weighted by atomic mass is 10.3. The van der Waals surface area contributed by atoms with Crippen molar-refractivity contribution in [2.24, 2.45) is 0 Å². The molecule has 0 aliphatic rings. The molecule has 0 bridgehead atoms. The standard InChI is InChI=1S/C10H16ClN3O2/c1-7(2)12-4-9(15)6-14-5-8(11)3-13-10(14)16/h3,5,7,9,12,15H,4,6H2,1-2H3. The molecular formula is C10H16ClN3O2. The number of nitrogens with zero attached hydrogens (tertiary/aromatic N) is 2. The molecule has 1 aromatic rings. The Morgan fingerprint density at radius 3 is 2.94 bits per heavy atom. The summed E-state index contributed by atoms with van der Waals surface area (Å²) in [6.07, 6.45) is 2.12. The highest BCUT2D eigenvalue weighted by atomic mass is 35.5. The molecule has 6 heteroatoms. The van der Waals surface area contributed by atoms with Gasteiger partial charge in [-0.3, -0.25) is 4.57 Å². The van der Waals surface area contributed by atoms with Crippen molar-refractivity contribution >= 4 is 11.6 Å². The van der Waals surface area contributed by atoms with Crippen LogP contribution in [-0.4, -0.2) is 33.3 Å². The van der Waals surface area contributed by atoms with Gasteiger partial charge in [-0.15, -0.1) is 0 Å². The van der Waals surface area contributed by atoms with Crippen molar-refractivity contribution in [3.8, 4) is 0 Å². The molecule has 0 saturated heterocycles. The fourth-order valence-electron chi connectivity index (χ4n) is 1.22. The Morgan fingerprint density at radius 1 is 1.62 bits per heavy atom. The van der Waals surface area contributed by atoms with Gasteiger partial charge in [-0.05, 0) is 0 Å². The summed E-state index contributed by atoms with van der Waals surface area (Å²) in [5.41, 5.74) is -0.409. The number of halogens is 1. The van der Waals surface area contributed by atoms with E-state index in [1.165, 1.54) is 17.0 Å². The van der Waals surface area contributed by atoms with Crippen molar-refractivity contribution in [3.63, 3.8) is 0 Å². The molecule has 0 aromatic carbocycles. The largest absolute Gasteiger partial charge is 0.390 e. The van der Waals surface area contributed by atoms with Gasteiger partial charge >= 0.3 is 5.69 Å². The summed E-state index contributed by atoms with van der Waals surface area (Å²) in [6, 6.07) is 0.295. The molecular weight excluding hydrogens is 230 g/mol. The molecule has 0 spiro atoms. The van der Waals surface area contributed by atoms with Crippen molar-refractivity contribution in [1.82, 2.24) is 14.9 Å². The minimum Gasteiger partial charge on any atom is -0.390 e. The van der Waals surface area contributed by atoms with Crippen molar-refractivity contribution in [2.75, 3.05) is 6.54 Å². The zero-order chi connectivity index (χ0) is 12.1. The van der Waals surface area contributed by atoms with E-state index in [2.05, 4.69) is 10.3 Å². The number of hydrogen-bond acceptors (Lipinski definition) is 4. The van der Waals surface area contributed by atoms with Crippen LogP contribution in [-0.2, 0) is 6.54 Å². The van der Waals surface area contributed by atoms with Crippen molar-refractivity contribution in [3.05, 3.63) is 27.9 Å². The predicted molar refractivity (Wildman–Crippen MR) is 62.7 cm³/mol. The number of nitrogens with one attached hydrogen (secondary N) is 1. The number of aliphatic hydroxyl groups is 1. The molecule has 1 unspecified atom stereocenters. The third-order valence-corrected chi connectivity index (χ3v) is 2.19. The van der Waals surface area contributed by atoms with Crippen LogP contribution in [0.5, 0.6) is 0 Å². The molecule has 0 radical (unpaired) electrons. The first-order chi connectivity index (χ1) is 7.49. The maximum absolute atomic E-state index is 11.3. The van der Waals surface area contributed by atoms with E-state index in [4.69, 9.17) is 11.6 Å². The average molecular weight is 246 g/mol. The van der Waals surface area contributed by atoms with E-state index >= 15 is 0 Å². The Kier molecular flexibility index (Phi) is 4.92. The van der Waals surface area contributed by atoms with Crippen molar-refractivity contribution < 1.29 is 5.11 Å². The molecule has 0 aliphatic heterocycles. The lowest BCUT2D eigenvalue weighted by molar-refractivity contribution is 0.147. The lowest BCUT2D eigenvalue weighted by Crippen LogP contribution is -2.36. The average Bonchev–Trinajstić information content (AvgIpc) is 2.20. The summed E-state index contributed by atoms with van der Waals surface area (Å²) in [4.78, 5) is 14.9. The second-order valence-electron chi connectivity index (χ2n) is 3.92. The fourth-order valence-corrected chi connectivity index (χ4v) is 1.39. The van der Waals surface area contributed by atoms with Gasteiger partial charge in [-0.25, -0.2) is 9.78 Å².